The Labute approximate surface area is 419 Å². The number of carbonyl (C=O) groups excluding carboxylic acids is 2. The number of aliphatic hydroxyl groups excluding tert-OH is 8. The molecule has 0 bridgehead atoms. The number of rotatable bonds is 13. The van der Waals surface area contributed by atoms with Crippen LogP contribution in [0, 0.1) is 34.5 Å². The molecule has 5 aliphatic heterocycles. The van der Waals surface area contributed by atoms with Crippen LogP contribution in [-0.4, -0.2) is 213 Å². The molecular formula is C50H78O22. The smallest absolute Gasteiger partial charge is 0.331 e. The van der Waals surface area contributed by atoms with Gasteiger partial charge in [0.25, 0.3) is 0 Å². The molecule has 0 aromatic carbocycles. The third-order valence-electron chi connectivity index (χ3n) is 18.6. The van der Waals surface area contributed by atoms with Crippen molar-refractivity contribution in [1.82, 2.24) is 0 Å². The van der Waals surface area contributed by atoms with Crippen LogP contribution in [0.3, 0.4) is 0 Å². The first-order valence-electron chi connectivity index (χ1n) is 26.0. The Balaban J connectivity index is 0.764. The van der Waals surface area contributed by atoms with Crippen molar-refractivity contribution in [2.24, 2.45) is 34.5 Å². The van der Waals surface area contributed by atoms with E-state index in [-0.39, 0.29) is 48.7 Å². The minimum atomic E-state index is -1.76. The fourth-order valence-electron chi connectivity index (χ4n) is 14.8. The lowest BCUT2D eigenvalue weighted by atomic mass is 9.43. The largest absolute Gasteiger partial charge is 0.462 e. The number of fused-ring (bicyclic) bond motifs is 5. The van der Waals surface area contributed by atoms with Crippen molar-refractivity contribution in [3.8, 4) is 0 Å². The molecule has 0 radical (unpaired) electrons. The van der Waals surface area contributed by atoms with Gasteiger partial charge in [0.1, 0.15) is 73.8 Å². The van der Waals surface area contributed by atoms with Crippen LogP contribution in [0.5, 0.6) is 0 Å². The Bertz CT molecular complexity index is 1930. The lowest BCUT2D eigenvalue weighted by Gasteiger charge is -2.63. The normalized spacial score (nSPS) is 52.7. The Morgan fingerprint density at radius 2 is 1.40 bits per heavy atom. The molecule has 22 heteroatoms. The van der Waals surface area contributed by atoms with Gasteiger partial charge in [0.05, 0.1) is 49.3 Å². The van der Waals surface area contributed by atoms with Crippen molar-refractivity contribution in [2.45, 2.75) is 227 Å². The van der Waals surface area contributed by atoms with Gasteiger partial charge < -0.3 is 98.1 Å². The molecule has 410 valence electrons. The highest BCUT2D eigenvalue weighted by molar-refractivity contribution is 5.85. The number of cyclic esters (lactones) is 1. The van der Waals surface area contributed by atoms with Crippen molar-refractivity contribution in [3.05, 3.63) is 11.6 Å². The van der Waals surface area contributed by atoms with E-state index in [0.29, 0.717) is 12.3 Å². The third kappa shape index (κ3) is 9.95. The monoisotopic (exact) mass is 1030 g/mol. The maximum absolute atomic E-state index is 12.9. The fourth-order valence-corrected chi connectivity index (χ4v) is 14.8. The summed E-state index contributed by atoms with van der Waals surface area (Å²) < 4.78 is 65.6. The highest BCUT2D eigenvalue weighted by Gasteiger charge is 2.71. The molecule has 27 unspecified atom stereocenters. The van der Waals surface area contributed by atoms with Gasteiger partial charge in [-0.3, -0.25) is 4.79 Å². The van der Waals surface area contributed by atoms with Gasteiger partial charge in [-0.25, -0.2) is 4.79 Å². The van der Waals surface area contributed by atoms with Crippen LogP contribution in [0.15, 0.2) is 11.6 Å². The maximum Gasteiger partial charge on any atom is 0.331 e. The molecule has 72 heavy (non-hydrogen) atoms. The molecule has 27 atom stereocenters. The number of ether oxygens (including phenoxy) is 11. The van der Waals surface area contributed by atoms with E-state index in [0.717, 1.165) is 50.5 Å². The van der Waals surface area contributed by atoms with E-state index in [9.17, 15) is 55.5 Å². The Morgan fingerprint density at radius 1 is 0.736 bits per heavy atom. The molecule has 5 heterocycles. The molecule has 22 nitrogen and oxygen atoms in total. The first kappa shape index (κ1) is 54.7. The van der Waals surface area contributed by atoms with Crippen LogP contribution in [0.4, 0.5) is 0 Å². The van der Waals surface area contributed by atoms with Gasteiger partial charge >= 0.3 is 11.9 Å². The van der Waals surface area contributed by atoms with E-state index in [2.05, 4.69) is 13.8 Å². The van der Waals surface area contributed by atoms with E-state index in [1.165, 1.54) is 20.1 Å². The van der Waals surface area contributed by atoms with Gasteiger partial charge in [-0.15, -0.1) is 0 Å². The SMILES string of the molecule is COC1CC(OC2C(O)CC(OC3CCC4(C)C(CCC5C4CCC4(C)C(C6=CC(=O)OC6)C(OC(C)=O)CC54O)C3)OC2C)OC(C)C1OC1OC(COC2OC(CO)C(O)C(O)C2O)C(O)C(O)C1O. The van der Waals surface area contributed by atoms with E-state index in [1.807, 2.05) is 6.92 Å². The first-order chi connectivity index (χ1) is 34.1. The molecular weight excluding hydrogens is 953 g/mol. The lowest BCUT2D eigenvalue weighted by molar-refractivity contribution is -0.359. The summed E-state index contributed by atoms with van der Waals surface area (Å²) in [5.41, 5.74) is -0.947. The molecule has 0 aromatic rings. The highest BCUT2D eigenvalue weighted by Crippen LogP contribution is 2.70. The van der Waals surface area contributed by atoms with E-state index in [4.69, 9.17) is 52.1 Å². The average molecular weight is 1030 g/mol. The summed E-state index contributed by atoms with van der Waals surface area (Å²) in [4.78, 5) is 24.5. The standard InChI is InChI=1S/C50H78O22/c1-21-44(71-36-16-30(62-6)45(22(2)66-36)72-47-43(60)41(58)39(56)33(70-47)20-64-46-42(59)40(57)38(55)32(18-51)69-46)29(53)15-35(65-21)68-26-9-11-48(4)25(14-26)7-8-28-27(48)10-12-49(5)37(24-13-34(54)63-19-24)31(67-23(3)52)17-50(28,49)61/h13,21-22,25-33,35-47,51,53,55-61H,7-12,14-20H2,1-6H3. The van der Waals surface area contributed by atoms with Gasteiger partial charge in [-0.05, 0) is 87.5 Å². The van der Waals surface area contributed by atoms with Gasteiger partial charge in [0.15, 0.2) is 25.2 Å². The summed E-state index contributed by atoms with van der Waals surface area (Å²) in [5, 5.41) is 97.0. The zero-order chi connectivity index (χ0) is 51.8. The van der Waals surface area contributed by atoms with Crippen LogP contribution >= 0.6 is 0 Å². The zero-order valence-electron chi connectivity index (χ0n) is 42.0. The Morgan fingerprint density at radius 3 is 2.06 bits per heavy atom. The van der Waals surface area contributed by atoms with Gasteiger partial charge in [-0.2, -0.15) is 0 Å². The minimum Gasteiger partial charge on any atom is -0.462 e. The van der Waals surface area contributed by atoms with Crippen LogP contribution in [0.25, 0.3) is 0 Å². The summed E-state index contributed by atoms with van der Waals surface area (Å²) in [6, 6.07) is 0. The second kappa shape index (κ2) is 21.4. The topological polar surface area (TPSA) is 318 Å². The molecule has 8 fully saturated rings. The summed E-state index contributed by atoms with van der Waals surface area (Å²) in [6.45, 7) is 8.31. The lowest BCUT2D eigenvalue weighted by Crippen LogP contribution is -2.63. The number of carbonyl (C=O) groups is 2. The molecule has 0 aromatic heterocycles. The average Bonchev–Trinajstić information content (AvgIpc) is 3.85. The molecule has 4 aliphatic carbocycles. The Kier molecular flexibility index (Phi) is 16.3. The van der Waals surface area contributed by atoms with E-state index >= 15 is 0 Å². The minimum absolute atomic E-state index is 0.000629. The molecule has 9 aliphatic rings. The molecule has 9 N–H and O–H groups in total. The summed E-state index contributed by atoms with van der Waals surface area (Å²) in [5.74, 6) is -0.530. The summed E-state index contributed by atoms with van der Waals surface area (Å²) >= 11 is 0. The third-order valence-corrected chi connectivity index (χ3v) is 18.6. The zero-order valence-corrected chi connectivity index (χ0v) is 42.0. The predicted molar refractivity (Wildman–Crippen MR) is 242 cm³/mol. The number of hydrogen-bond donors (Lipinski definition) is 9. The number of esters is 2. The van der Waals surface area contributed by atoms with E-state index < -0.39 is 153 Å². The summed E-state index contributed by atoms with van der Waals surface area (Å²) in [6.07, 6.45) is -14.7. The van der Waals surface area contributed by atoms with Crippen molar-refractivity contribution in [2.75, 3.05) is 26.9 Å². The molecule has 0 amide bonds. The quantitative estimate of drug-likeness (QED) is 0.0807. The second-order valence-corrected chi connectivity index (χ2v) is 22.7. The summed E-state index contributed by atoms with van der Waals surface area (Å²) in [7, 11) is 1.46. The molecule has 4 saturated heterocycles. The number of hydrogen-bond acceptors (Lipinski definition) is 22. The molecule has 9 rings (SSSR count). The van der Waals surface area contributed by atoms with Crippen molar-refractivity contribution < 1.29 is 108 Å². The molecule has 4 saturated carbocycles. The van der Waals surface area contributed by atoms with Crippen molar-refractivity contribution in [3.63, 3.8) is 0 Å². The van der Waals surface area contributed by atoms with Crippen molar-refractivity contribution in [1.29, 1.82) is 0 Å². The molecule has 0 spiro atoms. The van der Waals surface area contributed by atoms with Gasteiger partial charge in [0, 0.05) is 50.7 Å². The first-order valence-corrected chi connectivity index (χ1v) is 26.0. The van der Waals surface area contributed by atoms with Crippen LogP contribution < -0.4 is 0 Å². The van der Waals surface area contributed by atoms with Gasteiger partial charge in [0.2, 0.25) is 0 Å². The predicted octanol–water partition coefficient (Wildman–Crippen LogP) is -0.790. The van der Waals surface area contributed by atoms with Crippen LogP contribution in [0.1, 0.15) is 98.8 Å². The van der Waals surface area contributed by atoms with Gasteiger partial charge in [-0.1, -0.05) is 13.8 Å². The van der Waals surface area contributed by atoms with Crippen LogP contribution in [0.2, 0.25) is 0 Å². The second-order valence-electron chi connectivity index (χ2n) is 22.7. The number of aliphatic hydroxyl groups is 9. The maximum atomic E-state index is 12.9. The Hall–Kier alpha value is -2.04. The number of methoxy groups -OCH3 is 1. The van der Waals surface area contributed by atoms with E-state index in [1.54, 1.807) is 6.92 Å². The fraction of sp³-hybridized carbons (Fsp3) is 0.920. The van der Waals surface area contributed by atoms with Crippen molar-refractivity contribution >= 4 is 11.9 Å². The van der Waals surface area contributed by atoms with Crippen LogP contribution in [-0.2, 0) is 61.7 Å². The highest BCUT2D eigenvalue weighted by atomic mass is 16.8.